The summed E-state index contributed by atoms with van der Waals surface area (Å²) in [5, 5.41) is 11.6. The van der Waals surface area contributed by atoms with E-state index in [0.717, 1.165) is 6.29 Å². The molecule has 0 aliphatic heterocycles. The highest BCUT2D eigenvalue weighted by atomic mass is 16.5. The van der Waals surface area contributed by atoms with Crippen LogP contribution in [0.2, 0.25) is 0 Å². The van der Waals surface area contributed by atoms with Crippen LogP contribution in [-0.2, 0) is 4.79 Å². The molecule has 0 aromatic heterocycles. The van der Waals surface area contributed by atoms with E-state index < -0.39 is 11.4 Å². The van der Waals surface area contributed by atoms with E-state index in [9.17, 15) is 14.4 Å². The van der Waals surface area contributed by atoms with Crippen molar-refractivity contribution in [3.05, 3.63) is 59.7 Å². The number of aldehydes is 1. The Morgan fingerprint density at radius 1 is 1.08 bits per heavy atom. The highest BCUT2D eigenvalue weighted by Gasteiger charge is 2.29. The summed E-state index contributed by atoms with van der Waals surface area (Å²) in [6, 6.07) is 12.5. The maximum Gasteiger partial charge on any atom is 0.335 e. The van der Waals surface area contributed by atoms with E-state index in [1.54, 1.807) is 38.1 Å². The fraction of sp³-hybridized carbons (Fsp3) is 0.211. The molecule has 0 spiro atoms. The second-order valence-corrected chi connectivity index (χ2v) is 6.20. The summed E-state index contributed by atoms with van der Waals surface area (Å²) in [4.78, 5) is 33.9. The van der Waals surface area contributed by atoms with Gasteiger partial charge in [0.1, 0.15) is 18.6 Å². The molecule has 25 heavy (non-hydrogen) atoms. The number of carbonyl (C=O) groups excluding carboxylic acids is 2. The van der Waals surface area contributed by atoms with Crippen LogP contribution in [0.4, 0.5) is 5.69 Å². The maximum absolute atomic E-state index is 12.4. The first-order valence-electron chi connectivity index (χ1n) is 7.65. The van der Waals surface area contributed by atoms with Gasteiger partial charge < -0.3 is 15.2 Å². The summed E-state index contributed by atoms with van der Waals surface area (Å²) in [5.41, 5.74) is 0.404. The van der Waals surface area contributed by atoms with E-state index in [-0.39, 0.29) is 18.1 Å². The van der Waals surface area contributed by atoms with Gasteiger partial charge in [0.25, 0.3) is 0 Å². The molecule has 0 unspecified atom stereocenters. The molecule has 0 saturated heterocycles. The molecule has 2 rings (SSSR count). The lowest BCUT2D eigenvalue weighted by Gasteiger charge is -2.24. The average molecular weight is 341 g/mol. The van der Waals surface area contributed by atoms with Gasteiger partial charge in [-0.2, -0.15) is 0 Å². The lowest BCUT2D eigenvalue weighted by Crippen LogP contribution is -2.36. The van der Waals surface area contributed by atoms with Crippen molar-refractivity contribution in [3.63, 3.8) is 0 Å². The van der Waals surface area contributed by atoms with Crippen molar-refractivity contribution < 1.29 is 24.2 Å². The van der Waals surface area contributed by atoms with Crippen LogP contribution >= 0.6 is 0 Å². The van der Waals surface area contributed by atoms with E-state index in [0.29, 0.717) is 17.0 Å². The number of hydrogen-bond acceptors (Lipinski definition) is 4. The van der Waals surface area contributed by atoms with Crippen LogP contribution in [0, 0.1) is 5.41 Å². The number of benzene rings is 2. The Balaban J connectivity index is 1.96. The molecule has 130 valence electrons. The van der Waals surface area contributed by atoms with E-state index in [1.807, 2.05) is 0 Å². The third-order valence-corrected chi connectivity index (χ3v) is 3.62. The summed E-state index contributed by atoms with van der Waals surface area (Å²) in [7, 11) is 0. The SMILES string of the molecule is CC(C)(COc1ccc(C=O)cc1)C(=O)Nc1ccc(C(=O)O)cc1. The molecule has 0 atom stereocenters. The Kier molecular flexibility index (Phi) is 5.54. The van der Waals surface area contributed by atoms with E-state index >= 15 is 0 Å². The molecule has 2 aromatic rings. The summed E-state index contributed by atoms with van der Waals surface area (Å²) >= 11 is 0. The normalized spacial score (nSPS) is 10.8. The minimum Gasteiger partial charge on any atom is -0.492 e. The van der Waals surface area contributed by atoms with E-state index in [1.165, 1.54) is 24.3 Å². The Bertz CT molecular complexity index is 763. The Morgan fingerprint density at radius 3 is 2.20 bits per heavy atom. The van der Waals surface area contributed by atoms with Crippen molar-refractivity contribution in [2.24, 2.45) is 5.41 Å². The fourth-order valence-corrected chi connectivity index (χ4v) is 1.97. The molecular formula is C19H19NO5. The number of aromatic carboxylic acids is 1. The number of hydrogen-bond donors (Lipinski definition) is 2. The van der Waals surface area contributed by atoms with Gasteiger partial charge in [-0.15, -0.1) is 0 Å². The third-order valence-electron chi connectivity index (χ3n) is 3.62. The van der Waals surface area contributed by atoms with Gasteiger partial charge in [-0.1, -0.05) is 0 Å². The minimum atomic E-state index is -1.02. The van der Waals surface area contributed by atoms with Gasteiger partial charge >= 0.3 is 5.97 Å². The van der Waals surface area contributed by atoms with Crippen molar-refractivity contribution in [1.29, 1.82) is 0 Å². The molecule has 0 aliphatic rings. The molecule has 2 N–H and O–H groups in total. The fourth-order valence-electron chi connectivity index (χ4n) is 1.97. The summed E-state index contributed by atoms with van der Waals surface area (Å²) in [6.07, 6.45) is 0.747. The van der Waals surface area contributed by atoms with Crippen molar-refractivity contribution in [3.8, 4) is 5.75 Å². The van der Waals surface area contributed by atoms with Gasteiger partial charge in [0.2, 0.25) is 5.91 Å². The molecule has 6 nitrogen and oxygen atoms in total. The predicted molar refractivity (Wildman–Crippen MR) is 93.1 cm³/mol. The van der Waals surface area contributed by atoms with Crippen LogP contribution in [0.1, 0.15) is 34.6 Å². The summed E-state index contributed by atoms with van der Waals surface area (Å²) in [6.45, 7) is 3.63. The number of nitrogens with one attached hydrogen (secondary N) is 1. The summed E-state index contributed by atoms with van der Waals surface area (Å²) in [5.74, 6) is -0.704. The highest BCUT2D eigenvalue weighted by Crippen LogP contribution is 2.22. The summed E-state index contributed by atoms with van der Waals surface area (Å²) < 4.78 is 5.63. The number of carboxylic acids is 1. The molecular weight excluding hydrogens is 322 g/mol. The number of amides is 1. The first kappa shape index (κ1) is 18.2. The maximum atomic E-state index is 12.4. The van der Waals surface area contributed by atoms with E-state index in [4.69, 9.17) is 9.84 Å². The molecule has 0 bridgehead atoms. The van der Waals surface area contributed by atoms with Crippen molar-refractivity contribution in [1.82, 2.24) is 0 Å². The van der Waals surface area contributed by atoms with Gasteiger partial charge in [-0.25, -0.2) is 4.79 Å². The lowest BCUT2D eigenvalue weighted by molar-refractivity contribution is -0.125. The zero-order chi connectivity index (χ0) is 18.4. The quantitative estimate of drug-likeness (QED) is 0.754. The second-order valence-electron chi connectivity index (χ2n) is 6.20. The first-order valence-corrected chi connectivity index (χ1v) is 7.65. The van der Waals surface area contributed by atoms with Gasteiger partial charge in [-0.05, 0) is 62.4 Å². The van der Waals surface area contributed by atoms with Gasteiger partial charge in [0, 0.05) is 11.3 Å². The average Bonchev–Trinajstić information content (AvgIpc) is 2.61. The van der Waals surface area contributed by atoms with Crippen LogP contribution in [0.15, 0.2) is 48.5 Å². The monoisotopic (exact) mass is 341 g/mol. The Morgan fingerprint density at radius 2 is 1.68 bits per heavy atom. The predicted octanol–water partition coefficient (Wildman–Crippen LogP) is 3.24. The van der Waals surface area contributed by atoms with Gasteiger partial charge in [0.15, 0.2) is 0 Å². The Labute approximate surface area is 145 Å². The van der Waals surface area contributed by atoms with Crippen molar-refractivity contribution >= 4 is 23.9 Å². The van der Waals surface area contributed by atoms with Gasteiger partial charge in [0.05, 0.1) is 11.0 Å². The standard InChI is InChI=1S/C19H19NO5/c1-19(2,12-25-16-9-3-13(11-21)4-10-16)18(24)20-15-7-5-14(6-8-15)17(22)23/h3-11H,12H2,1-2H3,(H,20,24)(H,22,23). The van der Waals surface area contributed by atoms with Crippen LogP contribution in [0.5, 0.6) is 5.75 Å². The molecule has 0 heterocycles. The lowest BCUT2D eigenvalue weighted by atomic mass is 9.93. The van der Waals surface area contributed by atoms with Crippen LogP contribution < -0.4 is 10.1 Å². The second kappa shape index (κ2) is 7.61. The number of ether oxygens (including phenoxy) is 1. The van der Waals surface area contributed by atoms with Crippen molar-refractivity contribution in [2.75, 3.05) is 11.9 Å². The smallest absolute Gasteiger partial charge is 0.335 e. The number of carboxylic acid groups (broad SMARTS) is 1. The Hall–Kier alpha value is -3.15. The molecule has 0 saturated carbocycles. The number of anilines is 1. The third kappa shape index (κ3) is 4.91. The van der Waals surface area contributed by atoms with E-state index in [2.05, 4.69) is 5.32 Å². The molecule has 0 fully saturated rings. The van der Waals surface area contributed by atoms with Crippen molar-refractivity contribution in [2.45, 2.75) is 13.8 Å². The van der Waals surface area contributed by atoms with Crippen LogP contribution in [0.25, 0.3) is 0 Å². The minimum absolute atomic E-state index is 0.145. The molecule has 0 radical (unpaired) electrons. The van der Waals surface area contributed by atoms with Crippen LogP contribution in [0.3, 0.4) is 0 Å². The van der Waals surface area contributed by atoms with Gasteiger partial charge in [-0.3, -0.25) is 9.59 Å². The number of rotatable bonds is 7. The van der Waals surface area contributed by atoms with Crippen LogP contribution in [-0.4, -0.2) is 29.9 Å². The highest BCUT2D eigenvalue weighted by molar-refractivity contribution is 5.95. The zero-order valence-corrected chi connectivity index (χ0v) is 14.0. The topological polar surface area (TPSA) is 92.7 Å². The first-order chi connectivity index (χ1) is 11.8. The molecule has 2 aromatic carbocycles. The molecule has 1 amide bonds. The molecule has 0 aliphatic carbocycles. The zero-order valence-electron chi connectivity index (χ0n) is 14.0. The number of carbonyl (C=O) groups is 3. The largest absolute Gasteiger partial charge is 0.492 e. The molecule has 6 heteroatoms.